The summed E-state index contributed by atoms with van der Waals surface area (Å²) >= 11 is 11.1. The Morgan fingerprint density at radius 1 is 1.38 bits per heavy atom. The molecule has 1 amide bonds. The topological polar surface area (TPSA) is 49.3 Å². The Morgan fingerprint density at radius 3 is 2.50 bits per heavy atom. The molecule has 0 aliphatic heterocycles. The molecule has 0 spiro atoms. The average Bonchev–Trinajstić information content (AvgIpc) is 2.30. The number of carbonyl (C=O) groups is 1. The molecule has 0 aromatic heterocycles. The molecule has 0 aliphatic carbocycles. The van der Waals surface area contributed by atoms with Crippen molar-refractivity contribution in [1.29, 1.82) is 0 Å². The summed E-state index contributed by atoms with van der Waals surface area (Å²) < 4.78 is 0. The minimum Gasteiger partial charge on any atom is -0.394 e. The molecule has 0 saturated heterocycles. The molecule has 0 aliphatic rings. The fourth-order valence-corrected chi connectivity index (χ4v) is 1.54. The van der Waals surface area contributed by atoms with Crippen LogP contribution in [0.3, 0.4) is 0 Å². The van der Waals surface area contributed by atoms with Gasteiger partial charge in [0.15, 0.2) is 0 Å². The third kappa shape index (κ3) is 4.39. The van der Waals surface area contributed by atoms with Gasteiger partial charge in [-0.05, 0) is 24.1 Å². The molecular formula is C11H13Cl2NO2. The largest absolute Gasteiger partial charge is 0.394 e. The van der Waals surface area contributed by atoms with Crippen molar-refractivity contribution in [3.05, 3.63) is 34.9 Å². The lowest BCUT2D eigenvalue weighted by molar-refractivity contribution is -0.119. The van der Waals surface area contributed by atoms with Gasteiger partial charge in [-0.15, -0.1) is 11.6 Å². The summed E-state index contributed by atoms with van der Waals surface area (Å²) in [6.45, 7) is -0.120. The lowest BCUT2D eigenvalue weighted by atomic mass is 10.1. The second kappa shape index (κ2) is 6.74. The number of aliphatic hydroxyl groups excluding tert-OH is 1. The van der Waals surface area contributed by atoms with Crippen LogP contribution in [0, 0.1) is 0 Å². The molecule has 0 radical (unpaired) electrons. The van der Waals surface area contributed by atoms with E-state index in [4.69, 9.17) is 28.3 Å². The third-order valence-electron chi connectivity index (χ3n) is 2.10. The van der Waals surface area contributed by atoms with Crippen LogP contribution in [0.4, 0.5) is 0 Å². The second-order valence-corrected chi connectivity index (χ2v) is 4.11. The molecule has 16 heavy (non-hydrogen) atoms. The van der Waals surface area contributed by atoms with E-state index in [1.165, 1.54) is 0 Å². The highest BCUT2D eigenvalue weighted by Gasteiger charge is 2.11. The second-order valence-electron chi connectivity index (χ2n) is 3.41. The standard InChI is InChI=1S/C11H13Cl2NO2/c12-6-11(16)14-10(7-15)5-8-1-3-9(13)4-2-8/h1-4,10,15H,5-7H2,(H,14,16). The summed E-state index contributed by atoms with van der Waals surface area (Å²) in [6.07, 6.45) is 0.552. The van der Waals surface area contributed by atoms with E-state index in [0.717, 1.165) is 5.56 Å². The van der Waals surface area contributed by atoms with Crippen molar-refractivity contribution in [2.24, 2.45) is 0 Å². The Kier molecular flexibility index (Phi) is 5.60. The Hall–Kier alpha value is -0.770. The fourth-order valence-electron chi connectivity index (χ4n) is 1.33. The maximum absolute atomic E-state index is 11.1. The highest BCUT2D eigenvalue weighted by Crippen LogP contribution is 2.11. The van der Waals surface area contributed by atoms with E-state index in [2.05, 4.69) is 5.32 Å². The van der Waals surface area contributed by atoms with Crippen LogP contribution in [0.1, 0.15) is 5.56 Å². The van der Waals surface area contributed by atoms with Crippen molar-refractivity contribution in [3.63, 3.8) is 0 Å². The number of halogens is 2. The van der Waals surface area contributed by atoms with Crippen molar-refractivity contribution in [3.8, 4) is 0 Å². The van der Waals surface area contributed by atoms with Crippen LogP contribution in [0.5, 0.6) is 0 Å². The summed E-state index contributed by atoms with van der Waals surface area (Å²) in [5, 5.41) is 12.4. The van der Waals surface area contributed by atoms with Gasteiger partial charge >= 0.3 is 0 Å². The van der Waals surface area contributed by atoms with Gasteiger partial charge in [0.05, 0.1) is 12.6 Å². The summed E-state index contributed by atoms with van der Waals surface area (Å²) in [5.74, 6) is -0.383. The first-order valence-corrected chi connectivity index (χ1v) is 5.77. The minimum atomic E-state index is -0.313. The fraction of sp³-hybridized carbons (Fsp3) is 0.364. The first kappa shape index (κ1) is 13.3. The molecule has 0 bridgehead atoms. The molecule has 88 valence electrons. The highest BCUT2D eigenvalue weighted by atomic mass is 35.5. The number of hydrogen-bond acceptors (Lipinski definition) is 2. The van der Waals surface area contributed by atoms with Gasteiger partial charge in [-0.2, -0.15) is 0 Å². The first-order chi connectivity index (χ1) is 7.65. The number of amides is 1. The van der Waals surface area contributed by atoms with Crippen molar-refractivity contribution in [2.45, 2.75) is 12.5 Å². The van der Waals surface area contributed by atoms with E-state index >= 15 is 0 Å². The molecule has 1 unspecified atom stereocenters. The minimum absolute atomic E-state index is 0.100. The molecular weight excluding hydrogens is 249 g/mol. The van der Waals surface area contributed by atoms with Gasteiger partial charge in [-0.3, -0.25) is 4.79 Å². The van der Waals surface area contributed by atoms with Gasteiger partial charge < -0.3 is 10.4 Å². The van der Waals surface area contributed by atoms with Crippen LogP contribution in [-0.2, 0) is 11.2 Å². The van der Waals surface area contributed by atoms with Gasteiger partial charge in [0.1, 0.15) is 5.88 Å². The van der Waals surface area contributed by atoms with E-state index in [-0.39, 0.29) is 24.4 Å². The summed E-state index contributed by atoms with van der Waals surface area (Å²) in [6, 6.07) is 6.95. The Bertz CT molecular complexity index is 340. The summed E-state index contributed by atoms with van der Waals surface area (Å²) in [4.78, 5) is 11.1. The smallest absolute Gasteiger partial charge is 0.235 e. The average molecular weight is 262 g/mol. The maximum Gasteiger partial charge on any atom is 0.235 e. The molecule has 0 fully saturated rings. The van der Waals surface area contributed by atoms with Crippen LogP contribution in [0.2, 0.25) is 5.02 Å². The quantitative estimate of drug-likeness (QED) is 0.792. The summed E-state index contributed by atoms with van der Waals surface area (Å²) in [5.41, 5.74) is 0.998. The predicted octanol–water partition coefficient (Wildman–Crippen LogP) is 1.60. The molecule has 0 saturated carbocycles. The van der Waals surface area contributed by atoms with Crippen LogP contribution >= 0.6 is 23.2 Å². The van der Waals surface area contributed by atoms with Gasteiger partial charge in [-0.1, -0.05) is 23.7 Å². The number of carbonyl (C=O) groups excluding carboxylic acids is 1. The van der Waals surface area contributed by atoms with Crippen molar-refractivity contribution >= 4 is 29.1 Å². The number of benzene rings is 1. The highest BCUT2D eigenvalue weighted by molar-refractivity contribution is 6.30. The Morgan fingerprint density at radius 2 is 2.00 bits per heavy atom. The third-order valence-corrected chi connectivity index (χ3v) is 2.60. The van der Waals surface area contributed by atoms with Crippen LogP contribution in [0.15, 0.2) is 24.3 Å². The predicted molar refractivity (Wildman–Crippen MR) is 64.9 cm³/mol. The maximum atomic E-state index is 11.1. The van der Waals surface area contributed by atoms with E-state index in [9.17, 15) is 4.79 Å². The Labute approximate surface area is 104 Å². The molecule has 1 aromatic rings. The Balaban J connectivity index is 2.56. The molecule has 2 N–H and O–H groups in total. The number of hydrogen-bond donors (Lipinski definition) is 2. The van der Waals surface area contributed by atoms with E-state index in [0.29, 0.717) is 11.4 Å². The number of alkyl halides is 1. The molecule has 5 heteroatoms. The van der Waals surface area contributed by atoms with Crippen LogP contribution < -0.4 is 5.32 Å². The van der Waals surface area contributed by atoms with E-state index in [1.807, 2.05) is 12.1 Å². The van der Waals surface area contributed by atoms with Crippen LogP contribution in [0.25, 0.3) is 0 Å². The van der Waals surface area contributed by atoms with Crippen LogP contribution in [-0.4, -0.2) is 29.5 Å². The molecule has 0 heterocycles. The molecule has 1 aromatic carbocycles. The van der Waals surface area contributed by atoms with Crippen molar-refractivity contribution in [2.75, 3.05) is 12.5 Å². The van der Waals surface area contributed by atoms with Crippen molar-refractivity contribution in [1.82, 2.24) is 5.32 Å². The molecule has 3 nitrogen and oxygen atoms in total. The zero-order valence-corrected chi connectivity index (χ0v) is 10.1. The van der Waals surface area contributed by atoms with E-state index < -0.39 is 0 Å². The SMILES string of the molecule is O=C(CCl)NC(CO)Cc1ccc(Cl)cc1. The number of nitrogens with one attached hydrogen (secondary N) is 1. The number of rotatable bonds is 5. The molecule has 1 atom stereocenters. The lowest BCUT2D eigenvalue weighted by Gasteiger charge is -2.15. The monoisotopic (exact) mass is 261 g/mol. The van der Waals surface area contributed by atoms with Gasteiger partial charge in [0, 0.05) is 5.02 Å². The lowest BCUT2D eigenvalue weighted by Crippen LogP contribution is -2.39. The first-order valence-electron chi connectivity index (χ1n) is 4.86. The summed E-state index contributed by atoms with van der Waals surface area (Å²) in [7, 11) is 0. The normalized spacial score (nSPS) is 12.2. The van der Waals surface area contributed by atoms with Gasteiger partial charge in [0.2, 0.25) is 5.91 Å². The van der Waals surface area contributed by atoms with Gasteiger partial charge in [-0.25, -0.2) is 0 Å². The van der Waals surface area contributed by atoms with Gasteiger partial charge in [0.25, 0.3) is 0 Å². The van der Waals surface area contributed by atoms with E-state index in [1.54, 1.807) is 12.1 Å². The molecule has 1 rings (SSSR count). The van der Waals surface area contributed by atoms with Crippen molar-refractivity contribution < 1.29 is 9.90 Å². The zero-order chi connectivity index (χ0) is 12.0. The number of aliphatic hydroxyl groups is 1. The zero-order valence-electron chi connectivity index (χ0n) is 8.62.